The maximum atomic E-state index is 11.0. The molecule has 0 aromatic heterocycles. The van der Waals surface area contributed by atoms with Gasteiger partial charge in [0.15, 0.2) is 6.29 Å². The highest BCUT2D eigenvalue weighted by molar-refractivity contribution is 5.53. The van der Waals surface area contributed by atoms with Gasteiger partial charge in [-0.15, -0.1) is 0 Å². The average molecular weight is 316 g/mol. The number of ether oxygens (including phenoxy) is 1. The van der Waals surface area contributed by atoms with Gasteiger partial charge in [0.2, 0.25) is 0 Å². The van der Waals surface area contributed by atoms with Crippen molar-refractivity contribution in [2.75, 3.05) is 26.2 Å². The molecule has 0 radical (unpaired) electrons. The Kier molecular flexibility index (Phi) is 6.34. The Bertz CT molecular complexity index is 408. The van der Waals surface area contributed by atoms with E-state index in [0.29, 0.717) is 6.54 Å². The Morgan fingerprint density at radius 3 is 2.45 bits per heavy atom. The number of likely N-dealkylation sites (tertiary alicyclic amines) is 1. The van der Waals surface area contributed by atoms with Gasteiger partial charge in [-0.25, -0.2) is 4.79 Å². The molecule has 0 aliphatic carbocycles. The van der Waals surface area contributed by atoms with Crippen molar-refractivity contribution in [3.8, 4) is 0 Å². The van der Waals surface area contributed by atoms with E-state index in [-0.39, 0.29) is 5.70 Å². The van der Waals surface area contributed by atoms with Crippen molar-refractivity contribution < 1.29 is 30.0 Å². The van der Waals surface area contributed by atoms with Crippen LogP contribution in [0.1, 0.15) is 19.3 Å². The quantitative estimate of drug-likeness (QED) is 0.343. The number of hydrogen-bond acceptors (Lipinski definition) is 8. The lowest BCUT2D eigenvalue weighted by Crippen LogP contribution is -2.44. The zero-order chi connectivity index (χ0) is 16.1. The Morgan fingerprint density at radius 1 is 1.23 bits per heavy atom. The standard InChI is InChI=1S/C14H24N2O6/c17-8-9(15-4-7-16-5-2-1-3-6-16)10(18)13-11(19)12(20)14(21)22-13/h10-15,18-21H,1-7H2/t10-,11-,12-,13-,14+/m1/s1. The van der Waals surface area contributed by atoms with Crippen LogP contribution in [0.3, 0.4) is 0 Å². The van der Waals surface area contributed by atoms with E-state index in [2.05, 4.69) is 10.2 Å². The minimum atomic E-state index is -1.59. The molecule has 0 bridgehead atoms. The minimum Gasteiger partial charge on any atom is -0.387 e. The van der Waals surface area contributed by atoms with Crippen molar-refractivity contribution in [3.05, 3.63) is 5.70 Å². The Morgan fingerprint density at radius 2 is 1.91 bits per heavy atom. The third kappa shape index (κ3) is 4.05. The van der Waals surface area contributed by atoms with E-state index in [9.17, 15) is 25.2 Å². The fourth-order valence-electron chi connectivity index (χ4n) is 2.84. The molecular formula is C14H24N2O6. The number of rotatable bonds is 6. The molecule has 8 nitrogen and oxygen atoms in total. The van der Waals surface area contributed by atoms with Crippen LogP contribution >= 0.6 is 0 Å². The molecule has 2 aliphatic heterocycles. The van der Waals surface area contributed by atoms with E-state index in [1.54, 1.807) is 5.94 Å². The second-order valence-electron chi connectivity index (χ2n) is 5.76. The third-order valence-electron chi connectivity index (χ3n) is 4.18. The lowest BCUT2D eigenvalue weighted by molar-refractivity contribution is -0.141. The first-order valence-corrected chi connectivity index (χ1v) is 7.63. The SMILES string of the molecule is O=C=C(NCCN1CCCCC1)[C@@H](O)[C@H]1O[C@H](O)[C@H](O)[C@H]1O. The van der Waals surface area contributed by atoms with Gasteiger partial charge >= 0.3 is 0 Å². The predicted molar refractivity (Wildman–Crippen MR) is 76.4 cm³/mol. The van der Waals surface area contributed by atoms with Gasteiger partial charge in [-0.05, 0) is 25.9 Å². The van der Waals surface area contributed by atoms with Crippen molar-refractivity contribution in [2.24, 2.45) is 0 Å². The summed E-state index contributed by atoms with van der Waals surface area (Å²) in [4.78, 5) is 13.3. The molecule has 0 aromatic rings. The van der Waals surface area contributed by atoms with Gasteiger partial charge in [0, 0.05) is 13.1 Å². The topological polar surface area (TPSA) is 122 Å². The number of nitrogens with one attached hydrogen (secondary N) is 1. The minimum absolute atomic E-state index is 0.151. The lowest BCUT2D eigenvalue weighted by Gasteiger charge is -2.27. The molecule has 2 saturated heterocycles. The lowest BCUT2D eigenvalue weighted by atomic mass is 10.0. The Hall–Kier alpha value is -0.990. The van der Waals surface area contributed by atoms with Crippen LogP contribution in [0.2, 0.25) is 0 Å². The smallest absolute Gasteiger partial charge is 0.184 e. The molecule has 22 heavy (non-hydrogen) atoms. The van der Waals surface area contributed by atoms with Gasteiger partial charge in [-0.3, -0.25) is 0 Å². The fourth-order valence-corrected chi connectivity index (χ4v) is 2.84. The van der Waals surface area contributed by atoms with Gasteiger partial charge in [0.1, 0.15) is 36.1 Å². The van der Waals surface area contributed by atoms with Crippen molar-refractivity contribution in [1.82, 2.24) is 10.2 Å². The molecule has 126 valence electrons. The summed E-state index contributed by atoms with van der Waals surface area (Å²) in [6, 6.07) is 0. The van der Waals surface area contributed by atoms with E-state index in [1.807, 2.05) is 0 Å². The van der Waals surface area contributed by atoms with Crippen molar-refractivity contribution >= 4 is 5.94 Å². The van der Waals surface area contributed by atoms with Crippen LogP contribution in [0.15, 0.2) is 5.70 Å². The molecule has 2 rings (SSSR count). The van der Waals surface area contributed by atoms with Crippen molar-refractivity contribution in [3.63, 3.8) is 0 Å². The summed E-state index contributed by atoms with van der Waals surface area (Å²) >= 11 is 0. The molecule has 0 unspecified atom stereocenters. The first-order chi connectivity index (χ1) is 10.5. The molecular weight excluding hydrogens is 292 g/mol. The predicted octanol–water partition coefficient (Wildman–Crippen LogP) is -2.42. The number of carbonyl (C=O) groups excluding carboxylic acids is 1. The molecule has 0 saturated carbocycles. The number of aliphatic hydroxyl groups excluding tert-OH is 4. The zero-order valence-electron chi connectivity index (χ0n) is 12.4. The second-order valence-corrected chi connectivity index (χ2v) is 5.76. The first kappa shape index (κ1) is 17.4. The van der Waals surface area contributed by atoms with Gasteiger partial charge in [-0.2, -0.15) is 0 Å². The summed E-state index contributed by atoms with van der Waals surface area (Å²) in [7, 11) is 0. The summed E-state index contributed by atoms with van der Waals surface area (Å²) in [6.45, 7) is 3.23. The van der Waals surface area contributed by atoms with E-state index in [4.69, 9.17) is 4.74 Å². The molecule has 5 N–H and O–H groups in total. The van der Waals surface area contributed by atoms with Gasteiger partial charge in [0.25, 0.3) is 0 Å². The summed E-state index contributed by atoms with van der Waals surface area (Å²) < 4.78 is 4.88. The van der Waals surface area contributed by atoms with E-state index in [1.165, 1.54) is 6.42 Å². The normalized spacial score (nSPS) is 34.2. The highest BCUT2D eigenvalue weighted by Crippen LogP contribution is 2.24. The molecule has 0 aromatic carbocycles. The van der Waals surface area contributed by atoms with Crippen LogP contribution in [0.25, 0.3) is 0 Å². The number of piperidine rings is 1. The van der Waals surface area contributed by atoms with Crippen molar-refractivity contribution in [1.29, 1.82) is 0 Å². The summed E-state index contributed by atoms with van der Waals surface area (Å²) in [5.41, 5.74) is -0.151. The van der Waals surface area contributed by atoms with E-state index in [0.717, 1.165) is 32.5 Å². The molecule has 0 spiro atoms. The number of aliphatic hydroxyl groups is 4. The Balaban J connectivity index is 1.82. The van der Waals surface area contributed by atoms with Gasteiger partial charge in [-0.1, -0.05) is 6.42 Å². The summed E-state index contributed by atoms with van der Waals surface area (Å²) in [6.07, 6.45) is -3.77. The highest BCUT2D eigenvalue weighted by Gasteiger charge is 2.46. The van der Waals surface area contributed by atoms with Crippen LogP contribution in [0, 0.1) is 0 Å². The summed E-state index contributed by atoms with van der Waals surface area (Å²) in [5.74, 6) is 1.60. The van der Waals surface area contributed by atoms with Crippen LogP contribution in [-0.4, -0.2) is 88.2 Å². The second kappa shape index (κ2) is 8.03. The highest BCUT2D eigenvalue weighted by atomic mass is 16.6. The van der Waals surface area contributed by atoms with Gasteiger partial charge < -0.3 is 35.4 Å². The summed E-state index contributed by atoms with van der Waals surface area (Å²) in [5, 5.41) is 41.3. The maximum Gasteiger partial charge on any atom is 0.184 e. The zero-order valence-corrected chi connectivity index (χ0v) is 12.4. The number of hydrogen-bond donors (Lipinski definition) is 5. The first-order valence-electron chi connectivity index (χ1n) is 7.63. The maximum absolute atomic E-state index is 11.0. The Labute approximate surface area is 129 Å². The monoisotopic (exact) mass is 316 g/mol. The fraction of sp³-hybridized carbons (Fsp3) is 0.857. The van der Waals surface area contributed by atoms with Crippen molar-refractivity contribution in [2.45, 2.75) is 50.0 Å². The number of nitrogens with zero attached hydrogens (tertiary/aromatic N) is 1. The molecule has 2 heterocycles. The average Bonchev–Trinajstić information content (AvgIpc) is 2.79. The third-order valence-corrected chi connectivity index (χ3v) is 4.18. The molecule has 5 atom stereocenters. The molecule has 2 fully saturated rings. The molecule has 2 aliphatic rings. The van der Waals surface area contributed by atoms with Crippen LogP contribution in [-0.2, 0) is 9.53 Å². The van der Waals surface area contributed by atoms with Crippen LogP contribution in [0.4, 0.5) is 0 Å². The van der Waals surface area contributed by atoms with Gasteiger partial charge in [0.05, 0.1) is 0 Å². The van der Waals surface area contributed by atoms with E-state index >= 15 is 0 Å². The van der Waals surface area contributed by atoms with Crippen LogP contribution in [0.5, 0.6) is 0 Å². The van der Waals surface area contributed by atoms with E-state index < -0.39 is 30.7 Å². The largest absolute Gasteiger partial charge is 0.387 e. The molecule has 8 heteroatoms. The molecule has 0 amide bonds. The van der Waals surface area contributed by atoms with Crippen LogP contribution < -0.4 is 5.32 Å².